The second kappa shape index (κ2) is 4.88. The molecule has 110 valence electrons. The van der Waals surface area contributed by atoms with Gasteiger partial charge in [-0.05, 0) is 50.5 Å². The lowest BCUT2D eigenvalue weighted by Crippen LogP contribution is -2.48. The minimum Gasteiger partial charge on any atom is -0.335 e. The molecule has 5 heteroatoms. The molecule has 4 nitrogen and oxygen atoms in total. The third-order valence-electron chi connectivity index (χ3n) is 4.35. The summed E-state index contributed by atoms with van der Waals surface area (Å²) in [5, 5.41) is 0. The number of benzene rings is 1. The lowest BCUT2D eigenvalue weighted by atomic mass is 9.98. The molecule has 0 unspecified atom stereocenters. The fraction of sp³-hybridized carbons (Fsp3) is 0.533. The van der Waals surface area contributed by atoms with Gasteiger partial charge in [-0.15, -0.1) is 0 Å². The van der Waals surface area contributed by atoms with Crippen LogP contribution in [0.15, 0.2) is 18.2 Å². The Hall–Kier alpha value is -1.36. The van der Waals surface area contributed by atoms with E-state index in [4.69, 9.17) is 0 Å². The van der Waals surface area contributed by atoms with Gasteiger partial charge < -0.3 is 4.90 Å². The number of aryl methyl sites for hydroxylation is 2. The third kappa shape index (κ3) is 2.73. The third-order valence-corrected chi connectivity index (χ3v) is 6.24. The maximum atomic E-state index is 12.5. The minimum atomic E-state index is -3.02. The standard InChI is InChI=1S/C15H21NO3S/c1-11-5-6-13(9-12(11)2)14(17)16(4)15(3)7-8-20(18,19)10-15/h5-6,9H,7-8,10H2,1-4H3/t15-/m0/s1. The first-order valence-electron chi connectivity index (χ1n) is 6.70. The zero-order chi connectivity index (χ0) is 15.1. The van der Waals surface area contributed by atoms with Crippen molar-refractivity contribution in [3.63, 3.8) is 0 Å². The van der Waals surface area contributed by atoms with Crippen LogP contribution in [0.5, 0.6) is 0 Å². The van der Waals surface area contributed by atoms with Crippen molar-refractivity contribution in [2.24, 2.45) is 0 Å². The van der Waals surface area contributed by atoms with E-state index in [1.54, 1.807) is 18.0 Å². The van der Waals surface area contributed by atoms with E-state index in [0.717, 1.165) is 11.1 Å². The van der Waals surface area contributed by atoms with Gasteiger partial charge in [0.05, 0.1) is 17.0 Å². The van der Waals surface area contributed by atoms with Gasteiger partial charge in [0.1, 0.15) is 0 Å². The molecule has 0 bridgehead atoms. The highest BCUT2D eigenvalue weighted by Gasteiger charge is 2.43. The van der Waals surface area contributed by atoms with Crippen LogP contribution in [0.1, 0.15) is 34.8 Å². The van der Waals surface area contributed by atoms with Crippen molar-refractivity contribution in [2.45, 2.75) is 32.7 Å². The highest BCUT2D eigenvalue weighted by Crippen LogP contribution is 2.29. The Labute approximate surface area is 120 Å². The van der Waals surface area contributed by atoms with Crippen molar-refractivity contribution in [1.82, 2.24) is 4.90 Å². The molecule has 0 radical (unpaired) electrons. The Balaban J connectivity index is 2.27. The molecule has 1 saturated heterocycles. The summed E-state index contributed by atoms with van der Waals surface area (Å²) in [6.45, 7) is 5.81. The first-order chi connectivity index (χ1) is 9.15. The van der Waals surface area contributed by atoms with Crippen LogP contribution in [-0.4, -0.2) is 43.3 Å². The average molecular weight is 295 g/mol. The summed E-state index contributed by atoms with van der Waals surface area (Å²) < 4.78 is 23.3. The number of sulfone groups is 1. The molecule has 1 aromatic carbocycles. The fourth-order valence-electron chi connectivity index (χ4n) is 2.57. The lowest BCUT2D eigenvalue weighted by molar-refractivity contribution is 0.0638. The van der Waals surface area contributed by atoms with Crippen molar-refractivity contribution >= 4 is 15.7 Å². The Morgan fingerprint density at radius 3 is 2.40 bits per heavy atom. The zero-order valence-corrected chi connectivity index (χ0v) is 13.3. The molecular formula is C15H21NO3S. The molecule has 1 aromatic rings. The highest BCUT2D eigenvalue weighted by molar-refractivity contribution is 7.91. The largest absolute Gasteiger partial charge is 0.335 e. The van der Waals surface area contributed by atoms with Gasteiger partial charge in [0, 0.05) is 12.6 Å². The van der Waals surface area contributed by atoms with Gasteiger partial charge in [-0.25, -0.2) is 8.42 Å². The molecular weight excluding hydrogens is 274 g/mol. The van der Waals surface area contributed by atoms with E-state index in [1.807, 2.05) is 32.9 Å². The summed E-state index contributed by atoms with van der Waals surface area (Å²) >= 11 is 0. The second-order valence-corrected chi connectivity index (χ2v) is 8.19. The molecule has 0 saturated carbocycles. The molecule has 0 aliphatic carbocycles. The Morgan fingerprint density at radius 2 is 1.90 bits per heavy atom. The van der Waals surface area contributed by atoms with Crippen LogP contribution in [0, 0.1) is 13.8 Å². The smallest absolute Gasteiger partial charge is 0.254 e. The maximum Gasteiger partial charge on any atom is 0.254 e. The van der Waals surface area contributed by atoms with Crippen molar-refractivity contribution in [1.29, 1.82) is 0 Å². The monoisotopic (exact) mass is 295 g/mol. The minimum absolute atomic E-state index is 0.0487. The first kappa shape index (κ1) is 15.0. The van der Waals surface area contributed by atoms with E-state index in [1.165, 1.54) is 0 Å². The number of hydrogen-bond acceptors (Lipinski definition) is 3. The van der Waals surface area contributed by atoms with Crippen LogP contribution >= 0.6 is 0 Å². The fourth-order valence-corrected chi connectivity index (χ4v) is 4.75. The second-order valence-electron chi connectivity index (χ2n) is 6.00. The van der Waals surface area contributed by atoms with E-state index in [2.05, 4.69) is 0 Å². The Kier molecular flexibility index (Phi) is 3.67. The quantitative estimate of drug-likeness (QED) is 0.838. The molecule has 1 heterocycles. The van der Waals surface area contributed by atoms with E-state index in [9.17, 15) is 13.2 Å². The summed E-state index contributed by atoms with van der Waals surface area (Å²) in [6, 6.07) is 5.58. The molecule has 1 fully saturated rings. The zero-order valence-electron chi connectivity index (χ0n) is 12.4. The molecule has 1 amide bonds. The molecule has 1 aliphatic rings. The van der Waals surface area contributed by atoms with E-state index < -0.39 is 15.4 Å². The normalized spacial score (nSPS) is 24.6. The summed E-state index contributed by atoms with van der Waals surface area (Å²) in [5.74, 6) is 0.0916. The number of hydrogen-bond donors (Lipinski definition) is 0. The van der Waals surface area contributed by atoms with Gasteiger partial charge in [-0.3, -0.25) is 4.79 Å². The van der Waals surface area contributed by atoms with Crippen LogP contribution in [0.2, 0.25) is 0 Å². The first-order valence-corrected chi connectivity index (χ1v) is 8.53. The van der Waals surface area contributed by atoms with Crippen molar-refractivity contribution in [2.75, 3.05) is 18.6 Å². The van der Waals surface area contributed by atoms with Gasteiger partial charge in [-0.1, -0.05) is 6.07 Å². The van der Waals surface area contributed by atoms with Gasteiger partial charge in [0.2, 0.25) is 0 Å². The van der Waals surface area contributed by atoms with Gasteiger partial charge in [0.25, 0.3) is 5.91 Å². The molecule has 2 rings (SSSR count). The predicted molar refractivity (Wildman–Crippen MR) is 79.7 cm³/mol. The molecule has 1 aliphatic heterocycles. The molecule has 0 aromatic heterocycles. The van der Waals surface area contributed by atoms with Crippen molar-refractivity contribution in [3.8, 4) is 0 Å². The van der Waals surface area contributed by atoms with E-state index >= 15 is 0 Å². The molecule has 0 spiro atoms. The number of nitrogens with zero attached hydrogens (tertiary/aromatic N) is 1. The summed E-state index contributed by atoms with van der Waals surface area (Å²) in [4.78, 5) is 14.1. The van der Waals surface area contributed by atoms with Crippen LogP contribution < -0.4 is 0 Å². The number of rotatable bonds is 2. The lowest BCUT2D eigenvalue weighted by Gasteiger charge is -2.34. The summed E-state index contributed by atoms with van der Waals surface area (Å²) in [7, 11) is -1.33. The molecule has 20 heavy (non-hydrogen) atoms. The van der Waals surface area contributed by atoms with Crippen molar-refractivity contribution < 1.29 is 13.2 Å². The van der Waals surface area contributed by atoms with Crippen LogP contribution in [0.25, 0.3) is 0 Å². The molecule has 1 atom stereocenters. The summed E-state index contributed by atoms with van der Waals surface area (Å²) in [5.41, 5.74) is 2.21. The van der Waals surface area contributed by atoms with E-state index in [0.29, 0.717) is 12.0 Å². The SMILES string of the molecule is Cc1ccc(C(=O)N(C)[C@@]2(C)CCS(=O)(=O)C2)cc1C. The van der Waals surface area contributed by atoms with Crippen LogP contribution in [0.3, 0.4) is 0 Å². The number of carbonyl (C=O) groups excluding carboxylic acids is 1. The summed E-state index contributed by atoms with van der Waals surface area (Å²) in [6.07, 6.45) is 0.502. The van der Waals surface area contributed by atoms with Gasteiger partial charge in [-0.2, -0.15) is 0 Å². The topological polar surface area (TPSA) is 54.5 Å². The van der Waals surface area contributed by atoms with Crippen LogP contribution in [0.4, 0.5) is 0 Å². The van der Waals surface area contributed by atoms with Crippen LogP contribution in [-0.2, 0) is 9.84 Å². The Morgan fingerprint density at radius 1 is 1.25 bits per heavy atom. The number of amides is 1. The van der Waals surface area contributed by atoms with E-state index in [-0.39, 0.29) is 17.4 Å². The average Bonchev–Trinajstić information content (AvgIpc) is 2.66. The van der Waals surface area contributed by atoms with Crippen molar-refractivity contribution in [3.05, 3.63) is 34.9 Å². The van der Waals surface area contributed by atoms with Gasteiger partial charge in [0.15, 0.2) is 9.84 Å². The number of carbonyl (C=O) groups is 1. The highest BCUT2D eigenvalue weighted by atomic mass is 32.2. The maximum absolute atomic E-state index is 12.5. The molecule has 0 N–H and O–H groups in total. The Bertz CT molecular complexity index is 651. The van der Waals surface area contributed by atoms with Gasteiger partial charge >= 0.3 is 0 Å². The predicted octanol–water partition coefficient (Wildman–Crippen LogP) is 1.95.